The summed E-state index contributed by atoms with van der Waals surface area (Å²) in [6.45, 7) is 6.45. The molecule has 0 aromatic heterocycles. The Morgan fingerprint density at radius 2 is 0.494 bits per heavy atom. The first kappa shape index (κ1) is 76.3. The SMILES string of the molecule is CC/C=C\C/C=C\C/C=C\C/C=C\C/C=C\C/C=C\C/C=C\C/C=C\C/C=C\CCCC(=O)OCC(COC(=O)CCCCCCCCCCCCCCCCC)OC(=O)CCCCCCCC/C=C\C/C=C\C/C=C\CCCCC. The highest BCUT2D eigenvalue weighted by Gasteiger charge is 2.19. The van der Waals surface area contributed by atoms with Crippen LogP contribution in [0.3, 0.4) is 0 Å². The zero-order chi connectivity index (χ0) is 58.5. The van der Waals surface area contributed by atoms with Crippen LogP contribution in [0.4, 0.5) is 0 Å². The highest BCUT2D eigenvalue weighted by molar-refractivity contribution is 5.71. The first-order valence-electron chi connectivity index (χ1n) is 33.3. The van der Waals surface area contributed by atoms with Gasteiger partial charge in [0.25, 0.3) is 0 Å². The lowest BCUT2D eigenvalue weighted by Gasteiger charge is -2.18. The van der Waals surface area contributed by atoms with Crippen LogP contribution in [0, 0.1) is 0 Å². The molecule has 0 spiro atoms. The predicted molar refractivity (Wildman–Crippen MR) is 352 cm³/mol. The number of unbranched alkanes of at least 4 members (excludes halogenated alkanes) is 24. The lowest BCUT2D eigenvalue weighted by atomic mass is 10.0. The Morgan fingerprint density at radius 3 is 0.827 bits per heavy atom. The molecule has 0 fully saturated rings. The van der Waals surface area contributed by atoms with Gasteiger partial charge in [0.05, 0.1) is 0 Å². The second-order valence-corrected chi connectivity index (χ2v) is 21.6. The van der Waals surface area contributed by atoms with E-state index in [0.717, 1.165) is 128 Å². The highest BCUT2D eigenvalue weighted by Crippen LogP contribution is 2.15. The molecule has 0 bridgehead atoms. The fraction of sp³-hybridized carbons (Fsp3) is 0.640. The lowest BCUT2D eigenvalue weighted by molar-refractivity contribution is -0.167. The Kier molecular flexibility index (Phi) is 63.9. The Hall–Kier alpha value is -4.71. The molecule has 0 heterocycles. The topological polar surface area (TPSA) is 78.9 Å². The number of carbonyl (C=O) groups excluding carboxylic acids is 3. The molecular weight excluding hydrogens is 997 g/mol. The Labute approximate surface area is 499 Å². The molecule has 6 heteroatoms. The van der Waals surface area contributed by atoms with Gasteiger partial charge in [0.2, 0.25) is 0 Å². The van der Waals surface area contributed by atoms with E-state index in [0.29, 0.717) is 19.3 Å². The van der Waals surface area contributed by atoms with Crippen LogP contribution in [0.2, 0.25) is 0 Å². The third-order valence-electron chi connectivity index (χ3n) is 13.8. The van der Waals surface area contributed by atoms with Crippen LogP contribution in [0.15, 0.2) is 146 Å². The van der Waals surface area contributed by atoms with Crippen molar-refractivity contribution in [1.82, 2.24) is 0 Å². The van der Waals surface area contributed by atoms with E-state index < -0.39 is 6.10 Å². The third kappa shape index (κ3) is 66.0. The molecule has 81 heavy (non-hydrogen) atoms. The maximum atomic E-state index is 12.9. The smallest absolute Gasteiger partial charge is 0.306 e. The van der Waals surface area contributed by atoms with Gasteiger partial charge in [-0.2, -0.15) is 0 Å². The third-order valence-corrected chi connectivity index (χ3v) is 13.8. The second-order valence-electron chi connectivity index (χ2n) is 21.6. The molecule has 0 rings (SSSR count). The molecule has 458 valence electrons. The average molecular weight is 1120 g/mol. The van der Waals surface area contributed by atoms with Gasteiger partial charge in [0, 0.05) is 19.3 Å². The average Bonchev–Trinajstić information content (AvgIpc) is 3.47. The van der Waals surface area contributed by atoms with Crippen LogP contribution < -0.4 is 0 Å². The summed E-state index contributed by atoms with van der Waals surface area (Å²) in [6.07, 6.45) is 97.1. The summed E-state index contributed by atoms with van der Waals surface area (Å²) in [5, 5.41) is 0. The summed E-state index contributed by atoms with van der Waals surface area (Å²) in [5.41, 5.74) is 0. The molecule has 0 radical (unpaired) electrons. The predicted octanol–water partition coefficient (Wildman–Crippen LogP) is 23.1. The van der Waals surface area contributed by atoms with Gasteiger partial charge >= 0.3 is 17.9 Å². The second kappa shape index (κ2) is 67.8. The van der Waals surface area contributed by atoms with Gasteiger partial charge in [-0.1, -0.05) is 295 Å². The summed E-state index contributed by atoms with van der Waals surface area (Å²) < 4.78 is 16.9. The van der Waals surface area contributed by atoms with Crippen molar-refractivity contribution in [3.8, 4) is 0 Å². The van der Waals surface area contributed by atoms with Gasteiger partial charge in [-0.05, 0) is 122 Å². The Balaban J connectivity index is 4.49. The van der Waals surface area contributed by atoms with Crippen LogP contribution in [-0.2, 0) is 28.6 Å². The molecule has 0 saturated carbocycles. The van der Waals surface area contributed by atoms with E-state index in [-0.39, 0.29) is 37.5 Å². The van der Waals surface area contributed by atoms with Gasteiger partial charge in [0.15, 0.2) is 6.10 Å². The van der Waals surface area contributed by atoms with Gasteiger partial charge < -0.3 is 14.2 Å². The zero-order valence-electron chi connectivity index (χ0n) is 52.5. The van der Waals surface area contributed by atoms with E-state index in [4.69, 9.17) is 14.2 Å². The molecule has 1 atom stereocenters. The molecule has 0 saturated heterocycles. The van der Waals surface area contributed by atoms with Crippen molar-refractivity contribution < 1.29 is 28.6 Å². The summed E-state index contributed by atoms with van der Waals surface area (Å²) >= 11 is 0. The quantitative estimate of drug-likeness (QED) is 0.0261. The largest absolute Gasteiger partial charge is 0.462 e. The fourth-order valence-electron chi connectivity index (χ4n) is 8.86. The minimum atomic E-state index is -0.814. The molecule has 0 N–H and O–H groups in total. The molecule has 0 aliphatic heterocycles. The van der Waals surface area contributed by atoms with Crippen molar-refractivity contribution in [2.75, 3.05) is 13.2 Å². The summed E-state index contributed by atoms with van der Waals surface area (Å²) in [5.74, 6) is -0.975. The number of esters is 3. The standard InChI is InChI=1S/C75H122O6/c1-4-7-10-13-16-19-22-25-28-30-32-33-34-35-36-37-38-39-40-41-43-44-47-50-53-56-59-62-65-68-74(77)80-71-72(70-79-73(76)67-64-61-58-55-52-49-46-27-24-21-18-15-12-9-6-3)81-75(78)69-66-63-60-57-54-51-48-45-42-31-29-26-23-20-17-14-11-8-5-2/h7,10,16-17,19-20,25-26,28-29,32-33,35-36,38-39,41-43,45,47,50,56,59,72H,4-6,8-9,11-15,18,21-24,27,30-31,34,37,40,44,46,48-49,51-55,57-58,60-71H2,1-3H3/b10-7-,19-16-,20-17-,28-25-,29-26-,33-32-,36-35-,39-38-,43-41-,45-42-,50-47-,59-56-. The van der Waals surface area contributed by atoms with Crippen LogP contribution >= 0.6 is 0 Å². The van der Waals surface area contributed by atoms with E-state index in [1.54, 1.807) is 0 Å². The van der Waals surface area contributed by atoms with E-state index in [2.05, 4.69) is 167 Å². The minimum absolute atomic E-state index is 0.104. The lowest BCUT2D eigenvalue weighted by Crippen LogP contribution is -2.30. The van der Waals surface area contributed by atoms with Crippen molar-refractivity contribution in [2.45, 2.75) is 297 Å². The van der Waals surface area contributed by atoms with Crippen LogP contribution in [-0.4, -0.2) is 37.2 Å². The molecule has 6 nitrogen and oxygen atoms in total. The Morgan fingerprint density at radius 1 is 0.259 bits per heavy atom. The maximum Gasteiger partial charge on any atom is 0.306 e. The van der Waals surface area contributed by atoms with Crippen LogP contribution in [0.25, 0.3) is 0 Å². The summed E-state index contributed by atoms with van der Waals surface area (Å²) in [6, 6.07) is 0. The summed E-state index contributed by atoms with van der Waals surface area (Å²) in [7, 11) is 0. The molecule has 0 aliphatic carbocycles. The number of ether oxygens (including phenoxy) is 3. The number of carbonyl (C=O) groups is 3. The van der Waals surface area contributed by atoms with Crippen LogP contribution in [0.5, 0.6) is 0 Å². The molecule has 0 amide bonds. The van der Waals surface area contributed by atoms with Gasteiger partial charge in [-0.25, -0.2) is 0 Å². The molecule has 1 unspecified atom stereocenters. The number of hydrogen-bond donors (Lipinski definition) is 0. The number of allylic oxidation sites excluding steroid dienone is 24. The van der Waals surface area contributed by atoms with Crippen molar-refractivity contribution in [2.24, 2.45) is 0 Å². The highest BCUT2D eigenvalue weighted by atomic mass is 16.6. The van der Waals surface area contributed by atoms with Gasteiger partial charge in [0.1, 0.15) is 13.2 Å². The maximum absolute atomic E-state index is 12.9. The molecule has 0 aromatic carbocycles. The first-order valence-corrected chi connectivity index (χ1v) is 33.3. The zero-order valence-corrected chi connectivity index (χ0v) is 52.5. The molecular formula is C75H122O6. The first-order chi connectivity index (χ1) is 40.0. The fourth-order valence-corrected chi connectivity index (χ4v) is 8.86. The van der Waals surface area contributed by atoms with E-state index >= 15 is 0 Å². The van der Waals surface area contributed by atoms with Crippen LogP contribution in [0.1, 0.15) is 290 Å². The normalized spacial score (nSPS) is 13.1. The van der Waals surface area contributed by atoms with E-state index in [9.17, 15) is 14.4 Å². The van der Waals surface area contributed by atoms with Crippen molar-refractivity contribution in [3.63, 3.8) is 0 Å². The van der Waals surface area contributed by atoms with Gasteiger partial charge in [-0.15, -0.1) is 0 Å². The number of rotatable bonds is 59. The van der Waals surface area contributed by atoms with Crippen molar-refractivity contribution >= 4 is 17.9 Å². The molecule has 0 aliphatic rings. The van der Waals surface area contributed by atoms with E-state index in [1.807, 2.05) is 0 Å². The number of hydrogen-bond acceptors (Lipinski definition) is 6. The Bertz CT molecular complexity index is 1760. The van der Waals surface area contributed by atoms with Crippen molar-refractivity contribution in [1.29, 1.82) is 0 Å². The van der Waals surface area contributed by atoms with Crippen molar-refractivity contribution in [3.05, 3.63) is 146 Å². The monoisotopic (exact) mass is 1120 g/mol. The molecule has 0 aromatic rings. The minimum Gasteiger partial charge on any atom is -0.462 e. The summed E-state index contributed by atoms with van der Waals surface area (Å²) in [4.78, 5) is 38.4. The van der Waals surface area contributed by atoms with Gasteiger partial charge in [-0.3, -0.25) is 14.4 Å². The van der Waals surface area contributed by atoms with E-state index in [1.165, 1.54) is 116 Å².